The Labute approximate surface area is 120 Å². The van der Waals surface area contributed by atoms with E-state index in [2.05, 4.69) is 9.97 Å². The molecule has 0 saturated heterocycles. The normalized spacial score (nSPS) is 10.8. The minimum Gasteiger partial charge on any atom is -0.398 e. The van der Waals surface area contributed by atoms with Gasteiger partial charge in [0.2, 0.25) is 0 Å². The quantitative estimate of drug-likeness (QED) is 0.453. The Morgan fingerprint density at radius 1 is 1.10 bits per heavy atom. The molecule has 0 bridgehead atoms. The van der Waals surface area contributed by atoms with E-state index < -0.39 is 0 Å². The Morgan fingerprint density at radius 2 is 1.95 bits per heavy atom. The number of thioether (sulfide) groups is 1. The van der Waals surface area contributed by atoms with Gasteiger partial charge >= 0.3 is 0 Å². The molecule has 2 N–H and O–H groups in total. The van der Waals surface area contributed by atoms with Crippen LogP contribution in [-0.4, -0.2) is 9.97 Å². The number of nitrogens with zero attached hydrogens (tertiary/aromatic N) is 2. The van der Waals surface area contributed by atoms with Crippen LogP contribution in [0.25, 0.3) is 10.9 Å². The molecule has 0 atom stereocenters. The van der Waals surface area contributed by atoms with Gasteiger partial charge in [-0.25, -0.2) is 14.4 Å². The van der Waals surface area contributed by atoms with Crippen molar-refractivity contribution in [3.05, 3.63) is 60.2 Å². The SMILES string of the molecule is Nc1cc(F)ccc1CSc1ncnc2ccccc12. The summed E-state index contributed by atoms with van der Waals surface area (Å²) in [5.41, 5.74) is 8.10. The number of anilines is 1. The summed E-state index contributed by atoms with van der Waals surface area (Å²) in [4.78, 5) is 8.53. The van der Waals surface area contributed by atoms with E-state index in [0.29, 0.717) is 11.4 Å². The van der Waals surface area contributed by atoms with Crippen molar-refractivity contribution in [1.82, 2.24) is 9.97 Å². The van der Waals surface area contributed by atoms with Gasteiger partial charge in [0.15, 0.2) is 0 Å². The highest BCUT2D eigenvalue weighted by Gasteiger charge is 2.06. The molecule has 3 nitrogen and oxygen atoms in total. The summed E-state index contributed by atoms with van der Waals surface area (Å²) >= 11 is 1.57. The maximum absolute atomic E-state index is 13.0. The number of nitrogen functional groups attached to an aromatic ring is 1. The number of fused-ring (bicyclic) bond motifs is 1. The van der Waals surface area contributed by atoms with Gasteiger partial charge in [0.25, 0.3) is 0 Å². The van der Waals surface area contributed by atoms with Crippen LogP contribution < -0.4 is 5.73 Å². The van der Waals surface area contributed by atoms with Crippen LogP contribution in [0.3, 0.4) is 0 Å². The fourth-order valence-electron chi connectivity index (χ4n) is 1.94. The molecule has 5 heteroatoms. The molecule has 0 saturated carbocycles. The highest BCUT2D eigenvalue weighted by atomic mass is 32.2. The maximum atomic E-state index is 13.0. The number of aromatic nitrogens is 2. The zero-order valence-corrected chi connectivity index (χ0v) is 11.4. The van der Waals surface area contributed by atoms with Crippen molar-refractivity contribution in [2.45, 2.75) is 10.8 Å². The molecule has 2 aromatic carbocycles. The third-order valence-electron chi connectivity index (χ3n) is 2.98. The van der Waals surface area contributed by atoms with E-state index in [0.717, 1.165) is 21.5 Å². The van der Waals surface area contributed by atoms with Gasteiger partial charge in [0.05, 0.1) is 5.52 Å². The Balaban J connectivity index is 1.87. The molecule has 20 heavy (non-hydrogen) atoms. The molecule has 0 unspecified atom stereocenters. The first kappa shape index (κ1) is 12.9. The molecule has 0 aliphatic carbocycles. The summed E-state index contributed by atoms with van der Waals surface area (Å²) in [6.07, 6.45) is 1.55. The summed E-state index contributed by atoms with van der Waals surface area (Å²) < 4.78 is 13.0. The van der Waals surface area contributed by atoms with E-state index in [1.165, 1.54) is 12.1 Å². The van der Waals surface area contributed by atoms with Gasteiger partial charge in [-0.15, -0.1) is 11.8 Å². The minimum atomic E-state index is -0.316. The second-order valence-electron chi connectivity index (χ2n) is 4.33. The summed E-state index contributed by atoms with van der Waals surface area (Å²) in [5, 5.41) is 1.92. The first-order valence-electron chi connectivity index (χ1n) is 6.10. The third-order valence-corrected chi connectivity index (χ3v) is 4.03. The standard InChI is InChI=1S/C15H12FN3S/c16-11-6-5-10(13(17)7-11)8-20-15-12-3-1-2-4-14(12)18-9-19-15/h1-7,9H,8,17H2. The van der Waals surface area contributed by atoms with Gasteiger partial charge in [0.1, 0.15) is 17.2 Å². The molecule has 1 aromatic heterocycles. The predicted octanol–water partition coefficient (Wildman–Crippen LogP) is 3.64. The highest BCUT2D eigenvalue weighted by molar-refractivity contribution is 7.98. The number of hydrogen-bond acceptors (Lipinski definition) is 4. The van der Waals surface area contributed by atoms with Crippen LogP contribution in [0.15, 0.2) is 53.8 Å². The van der Waals surface area contributed by atoms with Gasteiger partial charge in [-0.05, 0) is 23.8 Å². The van der Waals surface area contributed by atoms with E-state index in [-0.39, 0.29) is 5.82 Å². The number of rotatable bonds is 3. The van der Waals surface area contributed by atoms with E-state index in [1.807, 2.05) is 24.3 Å². The Kier molecular flexibility index (Phi) is 3.52. The Morgan fingerprint density at radius 3 is 2.80 bits per heavy atom. The van der Waals surface area contributed by atoms with Crippen LogP contribution in [0.1, 0.15) is 5.56 Å². The molecule has 0 spiro atoms. The number of nitrogens with two attached hydrogens (primary N) is 1. The number of benzene rings is 2. The van der Waals surface area contributed by atoms with E-state index in [9.17, 15) is 4.39 Å². The summed E-state index contributed by atoms with van der Waals surface area (Å²) in [7, 11) is 0. The van der Waals surface area contributed by atoms with E-state index in [4.69, 9.17) is 5.73 Å². The summed E-state index contributed by atoms with van der Waals surface area (Å²) in [6, 6.07) is 12.3. The smallest absolute Gasteiger partial charge is 0.125 e. The average Bonchev–Trinajstić information content (AvgIpc) is 2.46. The zero-order chi connectivity index (χ0) is 13.9. The Hall–Kier alpha value is -2.14. The Bertz CT molecular complexity index is 756. The van der Waals surface area contributed by atoms with Crippen molar-refractivity contribution >= 4 is 28.4 Å². The second-order valence-corrected chi connectivity index (χ2v) is 5.29. The third kappa shape index (κ3) is 2.58. The van der Waals surface area contributed by atoms with E-state index in [1.54, 1.807) is 24.2 Å². The van der Waals surface area contributed by atoms with Gasteiger partial charge in [0, 0.05) is 16.8 Å². The van der Waals surface area contributed by atoms with Gasteiger partial charge < -0.3 is 5.73 Å². The van der Waals surface area contributed by atoms with Crippen molar-refractivity contribution in [2.75, 3.05) is 5.73 Å². The lowest BCUT2D eigenvalue weighted by atomic mass is 10.2. The molecule has 3 rings (SSSR count). The highest BCUT2D eigenvalue weighted by Crippen LogP contribution is 2.29. The molecule has 0 amide bonds. The van der Waals surface area contributed by atoms with Crippen LogP contribution in [0.2, 0.25) is 0 Å². The van der Waals surface area contributed by atoms with Crippen LogP contribution in [0.5, 0.6) is 0 Å². The van der Waals surface area contributed by atoms with Gasteiger partial charge in [-0.3, -0.25) is 0 Å². The fourth-order valence-corrected chi connectivity index (χ4v) is 2.94. The lowest BCUT2D eigenvalue weighted by molar-refractivity contribution is 0.628. The summed E-state index contributed by atoms with van der Waals surface area (Å²) in [6.45, 7) is 0. The molecule has 0 fully saturated rings. The van der Waals surface area contributed by atoms with Crippen LogP contribution >= 0.6 is 11.8 Å². The van der Waals surface area contributed by atoms with Crippen molar-refractivity contribution in [3.63, 3.8) is 0 Å². The van der Waals surface area contributed by atoms with Crippen molar-refractivity contribution in [3.8, 4) is 0 Å². The van der Waals surface area contributed by atoms with E-state index >= 15 is 0 Å². The largest absolute Gasteiger partial charge is 0.398 e. The molecular formula is C15H12FN3S. The number of para-hydroxylation sites is 1. The molecule has 0 aliphatic heterocycles. The molecular weight excluding hydrogens is 273 g/mol. The monoisotopic (exact) mass is 285 g/mol. The lowest BCUT2D eigenvalue weighted by Crippen LogP contribution is -1.94. The average molecular weight is 285 g/mol. The summed E-state index contributed by atoms with van der Waals surface area (Å²) in [5.74, 6) is 0.330. The lowest BCUT2D eigenvalue weighted by Gasteiger charge is -2.07. The predicted molar refractivity (Wildman–Crippen MR) is 79.9 cm³/mol. The number of hydrogen-bond donors (Lipinski definition) is 1. The molecule has 1 heterocycles. The molecule has 3 aromatic rings. The second kappa shape index (κ2) is 5.46. The minimum absolute atomic E-state index is 0.316. The molecule has 0 aliphatic rings. The van der Waals surface area contributed by atoms with Gasteiger partial charge in [-0.1, -0.05) is 24.3 Å². The van der Waals surface area contributed by atoms with Crippen LogP contribution in [-0.2, 0) is 5.75 Å². The zero-order valence-electron chi connectivity index (χ0n) is 10.6. The first-order valence-corrected chi connectivity index (χ1v) is 7.09. The molecule has 0 radical (unpaired) electrons. The number of halogens is 1. The van der Waals surface area contributed by atoms with Crippen molar-refractivity contribution in [2.24, 2.45) is 0 Å². The van der Waals surface area contributed by atoms with Crippen LogP contribution in [0.4, 0.5) is 10.1 Å². The van der Waals surface area contributed by atoms with Crippen LogP contribution in [0, 0.1) is 5.82 Å². The first-order chi connectivity index (χ1) is 9.74. The topological polar surface area (TPSA) is 51.8 Å². The van der Waals surface area contributed by atoms with Crippen molar-refractivity contribution < 1.29 is 4.39 Å². The van der Waals surface area contributed by atoms with Gasteiger partial charge in [-0.2, -0.15) is 0 Å². The van der Waals surface area contributed by atoms with Crippen molar-refractivity contribution in [1.29, 1.82) is 0 Å². The fraction of sp³-hybridized carbons (Fsp3) is 0.0667. The maximum Gasteiger partial charge on any atom is 0.125 e. The molecule has 100 valence electrons.